The first-order valence-corrected chi connectivity index (χ1v) is 44.0. The number of rotatable bonds is 18. The fourth-order valence-corrected chi connectivity index (χ4v) is 21.1. The molecule has 11 rings (SSSR count). The van der Waals surface area contributed by atoms with Gasteiger partial charge in [-0.05, 0) is 89.8 Å². The fourth-order valence-electron chi connectivity index (χ4n) is 21.1. The molecule has 8 aromatic rings. The van der Waals surface area contributed by atoms with Gasteiger partial charge in [0.15, 0.2) is 0 Å². The smallest absolute Gasteiger partial charge is 0.255 e. The van der Waals surface area contributed by atoms with Crippen molar-refractivity contribution in [1.82, 2.24) is 0 Å². The van der Waals surface area contributed by atoms with Gasteiger partial charge >= 0.3 is 0 Å². The van der Waals surface area contributed by atoms with Gasteiger partial charge in [-0.3, -0.25) is 0 Å². The van der Waals surface area contributed by atoms with Gasteiger partial charge in [-0.15, -0.1) is 63.0 Å². The lowest BCUT2D eigenvalue weighted by molar-refractivity contribution is 0.496. The van der Waals surface area contributed by atoms with E-state index in [2.05, 4.69) is 372 Å². The molecule has 42 heteroatoms. The van der Waals surface area contributed by atoms with Gasteiger partial charge in [0.1, 0.15) is 286 Å². The van der Waals surface area contributed by atoms with Crippen molar-refractivity contribution in [2.45, 2.75) is 77.3 Å². The molecule has 3 aliphatic heterocycles. The predicted molar refractivity (Wildman–Crippen MR) is 638 cm³/mol. The van der Waals surface area contributed by atoms with E-state index in [4.69, 9.17) is 24.0 Å². The molecule has 8 aromatic carbocycles. The van der Waals surface area contributed by atoms with E-state index >= 15 is 0 Å². The van der Waals surface area contributed by atoms with Crippen LogP contribution >= 0.6 is 0 Å². The van der Waals surface area contributed by atoms with E-state index < -0.39 is 0 Å². The zero-order chi connectivity index (χ0) is 88.0. The number of hydrogen-bond donors (Lipinski definition) is 0. The molecule has 0 amide bonds. The zero-order valence-corrected chi connectivity index (χ0v) is 80.8. The first kappa shape index (κ1) is 91.5. The molecule has 546 valence electrons. The number of benzene rings is 8. The molecule has 0 aliphatic carbocycles. The molecular formula is C76H105B37N4O. The lowest BCUT2D eigenvalue weighted by atomic mass is 9.28. The van der Waals surface area contributed by atoms with Crippen molar-refractivity contribution in [3.05, 3.63) is 78.9 Å². The highest BCUT2D eigenvalue weighted by molar-refractivity contribution is 7.05. The van der Waals surface area contributed by atoms with Crippen molar-refractivity contribution < 1.29 is 4.74 Å². The Morgan fingerprint density at radius 2 is 0.771 bits per heavy atom. The first-order chi connectivity index (χ1) is 55.1. The lowest BCUT2D eigenvalue weighted by Crippen LogP contribution is -2.73. The van der Waals surface area contributed by atoms with Crippen LogP contribution in [0.4, 0.5) is 51.2 Å². The Balaban J connectivity index is 1.50. The zero-order valence-electron chi connectivity index (χ0n) is 80.8. The fraction of sp³-hybridized carbons (Fsp3) is 0.184. The average Bonchev–Trinajstić information content (AvgIpc) is 0.674. The van der Waals surface area contributed by atoms with E-state index in [-0.39, 0.29) is 36.9 Å². The Bertz CT molecular complexity index is 5890. The molecule has 118 heavy (non-hydrogen) atoms. The van der Waals surface area contributed by atoms with Crippen LogP contribution in [-0.2, 0) is 0 Å². The molecule has 0 radical (unpaired) electrons. The molecule has 0 bridgehead atoms. The van der Waals surface area contributed by atoms with Crippen LogP contribution in [0.5, 0.6) is 11.5 Å². The van der Waals surface area contributed by atoms with Crippen LogP contribution in [0.15, 0.2) is 62.2 Å². The van der Waals surface area contributed by atoms with E-state index in [1.165, 1.54) is 242 Å². The maximum Gasteiger partial charge on any atom is 0.255 e. The van der Waals surface area contributed by atoms with E-state index in [0.717, 1.165) is 56.8 Å². The molecule has 0 spiro atoms. The molecule has 3 heterocycles. The summed E-state index contributed by atoms with van der Waals surface area (Å²) < 4.78 is 8.17. The van der Waals surface area contributed by atoms with Crippen molar-refractivity contribution in [1.29, 1.82) is 0 Å². The summed E-state index contributed by atoms with van der Waals surface area (Å²) in [4.78, 5) is 11.0. The minimum atomic E-state index is -0.271. The van der Waals surface area contributed by atoms with Crippen molar-refractivity contribution in [2.75, 3.05) is 32.7 Å². The summed E-state index contributed by atoms with van der Waals surface area (Å²) >= 11 is 0. The van der Waals surface area contributed by atoms with Crippen LogP contribution in [0.3, 0.4) is 0 Å². The third-order valence-corrected chi connectivity index (χ3v) is 31.1. The largest absolute Gasteiger partial charge is 0.460 e. The predicted octanol–water partition coefficient (Wildman–Crippen LogP) is -38.8. The highest BCUT2D eigenvalue weighted by Gasteiger charge is 2.51. The average molecular weight is 1490 g/mol. The minimum absolute atomic E-state index is 0.00847. The maximum absolute atomic E-state index is 8.17. The molecule has 0 saturated heterocycles. The second-order valence-corrected chi connectivity index (χ2v) is 37.7. The summed E-state index contributed by atoms with van der Waals surface area (Å²) in [5, 5.41) is 0. The Hall–Kier alpha value is -7.20. The van der Waals surface area contributed by atoms with Gasteiger partial charge in [-0.1, -0.05) is 204 Å². The van der Waals surface area contributed by atoms with Crippen molar-refractivity contribution >= 4 is 509 Å². The van der Waals surface area contributed by atoms with Gasteiger partial charge in [0.2, 0.25) is 6.71 Å². The number of hydrogen-bond acceptors (Lipinski definition) is 5. The van der Waals surface area contributed by atoms with Crippen molar-refractivity contribution in [3.63, 3.8) is 0 Å². The topological polar surface area (TPSA) is 22.2 Å². The summed E-state index contributed by atoms with van der Waals surface area (Å²) in [5.41, 5.74) is 63.2. The number of terminal acetylenes is 3. The molecule has 0 fully saturated rings. The Labute approximate surface area is 744 Å². The molecule has 3 aliphatic rings. The third kappa shape index (κ3) is 14.4. The van der Waals surface area contributed by atoms with E-state index in [0.29, 0.717) is 19.0 Å². The first-order valence-electron chi connectivity index (χ1n) is 44.0. The van der Waals surface area contributed by atoms with Gasteiger partial charge in [0, 0.05) is 64.3 Å². The summed E-state index contributed by atoms with van der Waals surface area (Å²) in [6, 6.07) is 8.03. The van der Waals surface area contributed by atoms with Gasteiger partial charge in [-0.2, -0.15) is 0 Å². The van der Waals surface area contributed by atoms with Gasteiger partial charge in [0.05, 0.1) is 5.70 Å². The summed E-state index contributed by atoms with van der Waals surface area (Å²) in [6.45, 7) is 15.3. The van der Waals surface area contributed by atoms with Crippen molar-refractivity contribution in [2.24, 2.45) is 0 Å². The summed E-state index contributed by atoms with van der Waals surface area (Å²) in [7, 11) is 81.9. The van der Waals surface area contributed by atoms with Crippen LogP contribution in [0.1, 0.15) is 76.0 Å². The van der Waals surface area contributed by atoms with Crippen LogP contribution < -0.4 is 194 Å². The molecule has 0 aromatic heterocycles. The van der Waals surface area contributed by atoms with E-state index in [1.807, 2.05) is 0 Å². The lowest BCUT2D eigenvalue weighted by Gasteiger charge is -2.50. The molecule has 0 N–H and O–H groups in total. The second-order valence-electron chi connectivity index (χ2n) is 37.7. The highest BCUT2D eigenvalue weighted by Crippen LogP contribution is 2.43. The normalized spacial score (nSPS) is 13.9. The van der Waals surface area contributed by atoms with Crippen LogP contribution in [0.2, 0.25) is 18.0 Å². The molecule has 2 atom stereocenters. The Kier molecular flexibility index (Phi) is 26.6. The maximum atomic E-state index is 8.17. The molecule has 2 unspecified atom stereocenters. The van der Waals surface area contributed by atoms with Gasteiger partial charge < -0.3 is 24.3 Å². The van der Waals surface area contributed by atoms with Gasteiger partial charge in [0.25, 0.3) is 6.71 Å². The Morgan fingerprint density at radius 1 is 0.381 bits per heavy atom. The molecular weight excluding hydrogens is 1380 g/mol. The summed E-state index contributed by atoms with van der Waals surface area (Å²) in [6.07, 6.45) is 21.2. The number of anilines is 9. The monoisotopic (exact) mass is 1500 g/mol. The van der Waals surface area contributed by atoms with E-state index in [9.17, 15) is 0 Å². The van der Waals surface area contributed by atoms with E-state index in [1.54, 1.807) is 0 Å². The number of fused-ring (bicyclic) bond motifs is 6. The third-order valence-electron chi connectivity index (χ3n) is 31.1. The standard InChI is InChI=1S/C76H105B37N4O/c1-10-25(78)33(83)28(81)17-114-66-30(113-64-48(98)40(90)47(97)57(107)75(64)118-76-61(111)69(59(109)73(114)65(76)113)115(18-29(82)34(84)26(79)11-2)68-50(100)41(91)37(87)42(92)51(68)101)15-31-67(58(66)108)117(71-54(104)45(95)39(89)46(96)55(71)105)74-60(110)72(56(106)49(99)63(74)112(31)62-23(20(6)7)13-22(19(4)5)14-24(62)21(8)9)116(32(12-3)36(86)35(85)27(80)16-77)70-52(102)43(93)38(88)44(94)53(70)103/h1-3,13-15,19-21,28-29H,16-18,77-111H2,4-9H3/b33-25-,34-26-,35-27-,36-32-. The minimum Gasteiger partial charge on any atom is -0.460 e. The SMILES string of the molecule is BC/C(B)=C(B)\C(B)=C(/C#C)N(c1c(B)c(B)c(B)c(B)c1B)c1c(B)c(B)c2c(c1B)N(c1c(B)c(B)c(B)c(B)c1B)c1c(cc3c(c1B)N(CC(B)/C(B)=C(/B)C#C)c1c(B)c(N(CC(B)/C(B)=C(/B)C#C)c4c(B)c(B)c(B)c(B)c4B)c(B)c4c1B3c1c(B)c(B)c(B)c(B)c1O4)B2c1c(C(C)C)cc(C(C)C)cc1C(C)C. The molecule has 5 nitrogen and oxygen atoms in total. The summed E-state index contributed by atoms with van der Waals surface area (Å²) in [5.74, 6) is 12.3. The highest BCUT2D eigenvalue weighted by atomic mass is 16.5. The second kappa shape index (κ2) is 34.3. The van der Waals surface area contributed by atoms with Gasteiger partial charge in [-0.25, -0.2) is 0 Å². The quantitative estimate of drug-likeness (QED) is 0.0484. The van der Waals surface area contributed by atoms with Crippen LogP contribution in [0.25, 0.3) is 0 Å². The number of nitrogens with zero attached hydrogens (tertiary/aromatic N) is 4. The number of allylic oxidation sites excluding steroid dienone is 6. The van der Waals surface area contributed by atoms with Crippen molar-refractivity contribution in [3.8, 4) is 48.5 Å². The van der Waals surface area contributed by atoms with Crippen LogP contribution in [-0.4, -0.2) is 301 Å². The van der Waals surface area contributed by atoms with Crippen LogP contribution in [0, 0.1) is 37.0 Å². The molecule has 0 saturated carbocycles. The Morgan fingerprint density at radius 3 is 1.24 bits per heavy atom. The number of ether oxygens (including phenoxy) is 1.